The number of benzene rings is 1. The van der Waals surface area contributed by atoms with E-state index >= 15 is 0 Å². The van der Waals surface area contributed by atoms with Crippen LogP contribution in [-0.4, -0.2) is 52.0 Å². The van der Waals surface area contributed by atoms with Crippen molar-refractivity contribution in [2.24, 2.45) is 5.92 Å². The number of unbranched alkanes of at least 4 members (excludes halogenated alkanes) is 2. The molecule has 2 rings (SSSR count). The first-order valence-electron chi connectivity index (χ1n) is 11.6. The average Bonchev–Trinajstić information content (AvgIpc) is 3.10. The van der Waals surface area contributed by atoms with Crippen LogP contribution < -0.4 is 5.32 Å². The van der Waals surface area contributed by atoms with Crippen LogP contribution in [0.15, 0.2) is 36.0 Å². The largest absolute Gasteiger partial charge is 0.480 e. The van der Waals surface area contributed by atoms with E-state index < -0.39 is 12.0 Å². The van der Waals surface area contributed by atoms with Gasteiger partial charge in [0.05, 0.1) is 11.0 Å². The zero-order valence-electron chi connectivity index (χ0n) is 20.8. The van der Waals surface area contributed by atoms with Gasteiger partial charge in [-0.25, -0.2) is 4.98 Å². The molecule has 180 valence electrons. The molecule has 1 aromatic carbocycles. The Labute approximate surface area is 197 Å². The van der Waals surface area contributed by atoms with Crippen molar-refractivity contribution in [2.75, 3.05) is 14.1 Å². The molecule has 0 radical (unpaired) electrons. The number of imidazole rings is 1. The van der Waals surface area contributed by atoms with Crippen LogP contribution in [0, 0.1) is 5.92 Å². The molecule has 0 bridgehead atoms. The number of carboxylic acid groups (broad SMARTS) is 1. The Balaban J connectivity index is 2.51. The summed E-state index contributed by atoms with van der Waals surface area (Å²) >= 11 is 0. The maximum absolute atomic E-state index is 11.5. The fourth-order valence-electron chi connectivity index (χ4n) is 3.80. The number of carbonyl (C=O) groups is 2. The summed E-state index contributed by atoms with van der Waals surface area (Å²) in [5.74, 6) is -0.0294. The van der Waals surface area contributed by atoms with Crippen molar-refractivity contribution in [1.82, 2.24) is 19.8 Å². The lowest BCUT2D eigenvalue weighted by Gasteiger charge is -2.17. The van der Waals surface area contributed by atoms with E-state index in [1.807, 2.05) is 57.3 Å². The lowest BCUT2D eigenvalue weighted by atomic mass is 10.0. The van der Waals surface area contributed by atoms with E-state index in [0.717, 1.165) is 60.1 Å². The Morgan fingerprint density at radius 1 is 1.27 bits per heavy atom. The lowest BCUT2D eigenvalue weighted by Crippen LogP contribution is -2.40. The Kier molecular flexibility index (Phi) is 9.85. The molecule has 0 spiro atoms. The molecule has 0 fully saturated rings. The second-order valence-electron chi connectivity index (χ2n) is 9.11. The summed E-state index contributed by atoms with van der Waals surface area (Å²) < 4.78 is 2.22. The van der Waals surface area contributed by atoms with Crippen LogP contribution in [0.4, 0.5) is 0 Å². The third kappa shape index (κ3) is 7.29. The van der Waals surface area contributed by atoms with E-state index in [4.69, 9.17) is 4.98 Å². The summed E-state index contributed by atoms with van der Waals surface area (Å²) in [5, 5.41) is 12.6. The van der Waals surface area contributed by atoms with Crippen molar-refractivity contribution in [3.05, 3.63) is 47.4 Å². The van der Waals surface area contributed by atoms with Crippen LogP contribution in [0.25, 0.3) is 16.6 Å². The van der Waals surface area contributed by atoms with Gasteiger partial charge in [-0.3, -0.25) is 9.59 Å². The van der Waals surface area contributed by atoms with Crippen molar-refractivity contribution in [2.45, 2.75) is 66.1 Å². The van der Waals surface area contributed by atoms with Crippen molar-refractivity contribution < 1.29 is 14.7 Å². The summed E-state index contributed by atoms with van der Waals surface area (Å²) in [7, 11) is 3.90. The second-order valence-corrected chi connectivity index (χ2v) is 9.11. The first-order chi connectivity index (χ1) is 15.7. The van der Waals surface area contributed by atoms with Gasteiger partial charge in [0.15, 0.2) is 0 Å². The molecule has 1 aromatic heterocycles. The number of hydrogen-bond donors (Lipinski definition) is 2. The molecular weight excluding hydrogens is 416 g/mol. The third-order valence-electron chi connectivity index (χ3n) is 5.48. The number of aliphatic carboxylic acids is 1. The second kappa shape index (κ2) is 12.3. The minimum atomic E-state index is -0.843. The molecule has 1 unspecified atom stereocenters. The predicted octanol–water partition coefficient (Wildman–Crippen LogP) is 4.47. The number of aromatic nitrogens is 2. The van der Waals surface area contributed by atoms with Gasteiger partial charge < -0.3 is 19.9 Å². The van der Waals surface area contributed by atoms with Crippen LogP contribution >= 0.6 is 0 Å². The number of nitrogens with one attached hydrogen (secondary N) is 1. The van der Waals surface area contributed by atoms with Crippen LogP contribution in [0.2, 0.25) is 0 Å². The summed E-state index contributed by atoms with van der Waals surface area (Å²) in [6.45, 7) is 9.05. The molecule has 0 saturated carbocycles. The number of aryl methyl sites for hydroxylation is 1. The van der Waals surface area contributed by atoms with Crippen molar-refractivity contribution in [1.29, 1.82) is 0 Å². The molecular formula is C26H38N4O3. The number of aldehydes is 1. The molecule has 1 heterocycles. The summed E-state index contributed by atoms with van der Waals surface area (Å²) in [6.07, 6.45) is 8.00. The standard InChI is InChI=1S/C26H38N4O3/c1-7-8-9-12-30-23-11-10-20(15-27-24(18(2)3)26(32)33)14-22(23)28-25(30)21(16-29(5)6)13-19(4)17-31/h10-11,13-14,16-18,24,27H,7-9,12,15H2,1-6H3,(H,32,33)/b19-13-,21-16+. The predicted molar refractivity (Wildman–Crippen MR) is 134 cm³/mol. The molecule has 0 aliphatic carbocycles. The minimum Gasteiger partial charge on any atom is -0.480 e. The number of allylic oxidation sites excluding steroid dienone is 3. The van der Waals surface area contributed by atoms with Crippen LogP contribution in [0.5, 0.6) is 0 Å². The number of fused-ring (bicyclic) bond motifs is 1. The van der Waals surface area contributed by atoms with E-state index in [1.165, 1.54) is 0 Å². The van der Waals surface area contributed by atoms with E-state index in [9.17, 15) is 14.7 Å². The highest BCUT2D eigenvalue weighted by atomic mass is 16.4. The van der Waals surface area contributed by atoms with Gasteiger partial charge in [0.25, 0.3) is 0 Å². The molecule has 7 nitrogen and oxygen atoms in total. The Morgan fingerprint density at radius 2 is 2.00 bits per heavy atom. The summed E-state index contributed by atoms with van der Waals surface area (Å²) in [6, 6.07) is 5.50. The number of hydrogen-bond acceptors (Lipinski definition) is 5. The third-order valence-corrected chi connectivity index (χ3v) is 5.48. The molecule has 33 heavy (non-hydrogen) atoms. The van der Waals surface area contributed by atoms with Crippen molar-refractivity contribution >= 4 is 28.9 Å². The maximum Gasteiger partial charge on any atom is 0.320 e. The zero-order valence-corrected chi connectivity index (χ0v) is 20.8. The van der Waals surface area contributed by atoms with Gasteiger partial charge in [0.2, 0.25) is 0 Å². The fourth-order valence-corrected chi connectivity index (χ4v) is 3.80. The Bertz CT molecular complexity index is 1020. The molecule has 0 amide bonds. The molecule has 0 saturated heterocycles. The van der Waals surface area contributed by atoms with Crippen LogP contribution in [0.1, 0.15) is 58.3 Å². The quantitative estimate of drug-likeness (QED) is 0.201. The summed E-state index contributed by atoms with van der Waals surface area (Å²) in [5.41, 5.74) is 4.39. The smallest absolute Gasteiger partial charge is 0.320 e. The van der Waals surface area contributed by atoms with E-state index in [-0.39, 0.29) is 5.92 Å². The van der Waals surface area contributed by atoms with Crippen LogP contribution in [-0.2, 0) is 22.7 Å². The average molecular weight is 455 g/mol. The van der Waals surface area contributed by atoms with Crippen molar-refractivity contribution in [3.63, 3.8) is 0 Å². The molecule has 2 aromatic rings. The maximum atomic E-state index is 11.5. The number of rotatable bonds is 13. The van der Waals surface area contributed by atoms with E-state index in [0.29, 0.717) is 12.1 Å². The van der Waals surface area contributed by atoms with Gasteiger partial charge in [-0.15, -0.1) is 0 Å². The molecule has 1 atom stereocenters. The normalized spacial score (nSPS) is 13.5. The first kappa shape index (κ1) is 26.3. The number of nitrogens with zero attached hydrogens (tertiary/aromatic N) is 3. The topological polar surface area (TPSA) is 87.5 Å². The van der Waals surface area contributed by atoms with Crippen molar-refractivity contribution in [3.8, 4) is 0 Å². The molecule has 7 heteroatoms. The zero-order chi connectivity index (χ0) is 24.5. The minimum absolute atomic E-state index is 0.0119. The highest BCUT2D eigenvalue weighted by molar-refractivity contribution is 5.85. The SMILES string of the molecule is CCCCCn1c(C(/C=C(/C)C=O)=C/N(C)C)nc2cc(CNC(C(=O)O)C(C)C)ccc21. The van der Waals surface area contributed by atoms with Gasteiger partial charge in [-0.05, 0) is 48.6 Å². The monoisotopic (exact) mass is 454 g/mol. The highest BCUT2D eigenvalue weighted by Crippen LogP contribution is 2.25. The highest BCUT2D eigenvalue weighted by Gasteiger charge is 2.21. The fraction of sp³-hybridized carbons (Fsp3) is 0.500. The van der Waals surface area contributed by atoms with Gasteiger partial charge in [0.1, 0.15) is 18.2 Å². The van der Waals surface area contributed by atoms with E-state index in [1.54, 1.807) is 6.92 Å². The lowest BCUT2D eigenvalue weighted by molar-refractivity contribution is -0.140. The Morgan fingerprint density at radius 3 is 2.58 bits per heavy atom. The number of carboxylic acids is 1. The van der Waals surface area contributed by atoms with Gasteiger partial charge in [-0.2, -0.15) is 0 Å². The molecule has 0 aliphatic rings. The van der Waals surface area contributed by atoms with Gasteiger partial charge in [0, 0.05) is 39.0 Å². The molecule has 2 N–H and O–H groups in total. The van der Waals surface area contributed by atoms with E-state index in [2.05, 4.69) is 22.9 Å². The van der Waals surface area contributed by atoms with Gasteiger partial charge >= 0.3 is 5.97 Å². The Hall–Kier alpha value is -2.93. The summed E-state index contributed by atoms with van der Waals surface area (Å²) in [4.78, 5) is 29.7. The van der Waals surface area contributed by atoms with Gasteiger partial charge in [-0.1, -0.05) is 39.7 Å². The number of carbonyl (C=O) groups excluding carboxylic acids is 1. The van der Waals surface area contributed by atoms with Crippen LogP contribution in [0.3, 0.4) is 0 Å². The first-order valence-corrected chi connectivity index (χ1v) is 11.6. The molecule has 0 aliphatic heterocycles.